The predicted molar refractivity (Wildman–Crippen MR) is 115 cm³/mol. The number of nitrogens with two attached hydrogens (primary N) is 1. The number of rotatable bonds is 4. The molecular formula is C19H23F2IN6. The van der Waals surface area contributed by atoms with Crippen LogP contribution in [0.2, 0.25) is 0 Å². The van der Waals surface area contributed by atoms with Gasteiger partial charge in [0.25, 0.3) is 0 Å². The molecule has 0 unspecified atom stereocenters. The van der Waals surface area contributed by atoms with Gasteiger partial charge in [-0.1, -0.05) is 6.07 Å². The molecule has 0 spiro atoms. The Morgan fingerprint density at radius 1 is 1.11 bits per heavy atom. The number of piperazine rings is 1. The normalized spacial score (nSPS) is 18.6. The van der Waals surface area contributed by atoms with Crippen LogP contribution in [-0.4, -0.2) is 53.6 Å². The molecule has 1 aliphatic carbocycles. The Bertz CT molecular complexity index is 836. The highest BCUT2D eigenvalue weighted by Gasteiger charge is 2.46. The number of hydrogen-bond acceptors (Lipinski definition) is 4. The van der Waals surface area contributed by atoms with Crippen molar-refractivity contribution in [3.63, 3.8) is 0 Å². The van der Waals surface area contributed by atoms with Crippen LogP contribution in [0, 0.1) is 11.6 Å². The number of aromatic nitrogens is 2. The Balaban J connectivity index is 0.00000225. The summed E-state index contributed by atoms with van der Waals surface area (Å²) in [5, 5.41) is 0. The number of aliphatic imine (C=N–C) groups is 1. The monoisotopic (exact) mass is 500 g/mol. The zero-order valence-corrected chi connectivity index (χ0v) is 17.7. The summed E-state index contributed by atoms with van der Waals surface area (Å²) in [4.78, 5) is 17.2. The molecule has 6 nitrogen and oxygen atoms in total. The van der Waals surface area contributed by atoms with E-state index < -0.39 is 11.6 Å². The molecular weight excluding hydrogens is 477 g/mol. The van der Waals surface area contributed by atoms with Gasteiger partial charge in [-0.15, -0.1) is 24.0 Å². The molecule has 1 aliphatic heterocycles. The smallest absolute Gasteiger partial charge is 0.225 e. The lowest BCUT2D eigenvalue weighted by Gasteiger charge is -2.35. The third-order valence-electron chi connectivity index (χ3n) is 5.34. The van der Waals surface area contributed by atoms with E-state index in [-0.39, 0.29) is 29.4 Å². The van der Waals surface area contributed by atoms with Crippen LogP contribution in [0.15, 0.2) is 41.7 Å². The highest BCUT2D eigenvalue weighted by atomic mass is 127. The number of halogens is 3. The van der Waals surface area contributed by atoms with Gasteiger partial charge in [0.1, 0.15) is 11.6 Å². The van der Waals surface area contributed by atoms with Crippen molar-refractivity contribution < 1.29 is 8.78 Å². The van der Waals surface area contributed by atoms with Gasteiger partial charge >= 0.3 is 0 Å². The maximum Gasteiger partial charge on any atom is 0.225 e. The number of hydrogen-bond donors (Lipinski definition) is 1. The third-order valence-corrected chi connectivity index (χ3v) is 5.34. The molecule has 0 amide bonds. The van der Waals surface area contributed by atoms with Crippen molar-refractivity contribution in [1.82, 2.24) is 14.9 Å². The van der Waals surface area contributed by atoms with Crippen molar-refractivity contribution in [3.05, 3.63) is 53.9 Å². The van der Waals surface area contributed by atoms with Crippen LogP contribution in [0.3, 0.4) is 0 Å². The Morgan fingerprint density at radius 3 is 2.39 bits per heavy atom. The molecule has 0 atom stereocenters. The summed E-state index contributed by atoms with van der Waals surface area (Å²) in [7, 11) is 0. The number of nitrogens with zero attached hydrogens (tertiary/aromatic N) is 5. The fourth-order valence-corrected chi connectivity index (χ4v) is 3.51. The highest BCUT2D eigenvalue weighted by molar-refractivity contribution is 14.0. The minimum atomic E-state index is -0.560. The minimum Gasteiger partial charge on any atom is -0.370 e. The molecule has 150 valence electrons. The van der Waals surface area contributed by atoms with Crippen LogP contribution in [0.5, 0.6) is 0 Å². The van der Waals surface area contributed by atoms with Crippen LogP contribution in [0.1, 0.15) is 18.4 Å². The molecule has 0 bridgehead atoms. The zero-order valence-electron chi connectivity index (χ0n) is 15.4. The summed E-state index contributed by atoms with van der Waals surface area (Å²) < 4.78 is 27.3. The van der Waals surface area contributed by atoms with E-state index >= 15 is 0 Å². The highest BCUT2D eigenvalue weighted by Crippen LogP contribution is 2.49. The maximum atomic E-state index is 14.1. The molecule has 2 fully saturated rings. The largest absolute Gasteiger partial charge is 0.370 e. The van der Waals surface area contributed by atoms with Gasteiger partial charge in [-0.25, -0.2) is 18.7 Å². The topological polar surface area (TPSA) is 70.6 Å². The SMILES string of the molecule is I.NC(=NCC1(c2ccc(F)cc2F)CC1)N1CCN(c2ncccn2)CC1. The maximum absolute atomic E-state index is 14.1. The first-order valence-electron chi connectivity index (χ1n) is 9.10. The predicted octanol–water partition coefficient (Wildman–Crippen LogP) is 2.54. The summed E-state index contributed by atoms with van der Waals surface area (Å²) in [5.74, 6) is 0.127. The molecule has 2 aromatic rings. The van der Waals surface area contributed by atoms with Gasteiger partial charge in [0.05, 0.1) is 6.54 Å². The lowest BCUT2D eigenvalue weighted by Crippen LogP contribution is -2.51. The van der Waals surface area contributed by atoms with E-state index in [0.29, 0.717) is 18.1 Å². The van der Waals surface area contributed by atoms with Crippen LogP contribution in [0.25, 0.3) is 0 Å². The second kappa shape index (κ2) is 8.54. The molecule has 9 heteroatoms. The Morgan fingerprint density at radius 2 is 1.79 bits per heavy atom. The van der Waals surface area contributed by atoms with E-state index in [1.807, 2.05) is 4.90 Å². The number of benzene rings is 1. The lowest BCUT2D eigenvalue weighted by molar-refractivity contribution is 0.377. The first-order valence-corrected chi connectivity index (χ1v) is 9.10. The fraction of sp³-hybridized carbons (Fsp3) is 0.421. The standard InChI is InChI=1S/C19H22F2N6.HI/c20-14-2-3-15(16(21)12-14)19(4-5-19)13-25-17(22)26-8-10-27(11-9-26)18-23-6-1-7-24-18;/h1-3,6-7,12H,4-5,8-11,13H2,(H2,22,25);1H. The summed E-state index contributed by atoms with van der Waals surface area (Å²) in [6.45, 7) is 3.40. The van der Waals surface area contributed by atoms with Gasteiger partial charge in [-0.3, -0.25) is 4.99 Å². The van der Waals surface area contributed by atoms with Gasteiger partial charge in [0.2, 0.25) is 5.95 Å². The lowest BCUT2D eigenvalue weighted by atomic mass is 9.95. The van der Waals surface area contributed by atoms with Crippen LogP contribution in [-0.2, 0) is 5.41 Å². The van der Waals surface area contributed by atoms with Crippen molar-refractivity contribution in [2.45, 2.75) is 18.3 Å². The first kappa shape index (κ1) is 20.7. The molecule has 1 saturated carbocycles. The van der Waals surface area contributed by atoms with Crippen molar-refractivity contribution in [2.75, 3.05) is 37.6 Å². The summed E-state index contributed by atoms with van der Waals surface area (Å²) in [6.07, 6.45) is 5.14. The van der Waals surface area contributed by atoms with E-state index in [9.17, 15) is 8.78 Å². The fourth-order valence-electron chi connectivity index (χ4n) is 3.51. The summed E-state index contributed by atoms with van der Waals surface area (Å²) in [6, 6.07) is 5.56. The first-order chi connectivity index (χ1) is 13.1. The molecule has 2 heterocycles. The molecule has 1 saturated heterocycles. The quantitative estimate of drug-likeness (QED) is 0.397. The second-order valence-electron chi connectivity index (χ2n) is 7.10. The molecule has 28 heavy (non-hydrogen) atoms. The molecule has 1 aromatic heterocycles. The van der Waals surface area contributed by atoms with Gasteiger partial charge in [-0.2, -0.15) is 0 Å². The van der Waals surface area contributed by atoms with E-state index in [4.69, 9.17) is 5.73 Å². The Labute approximate surface area is 179 Å². The van der Waals surface area contributed by atoms with Crippen molar-refractivity contribution in [3.8, 4) is 0 Å². The van der Waals surface area contributed by atoms with Crippen molar-refractivity contribution in [1.29, 1.82) is 0 Å². The minimum absolute atomic E-state index is 0. The van der Waals surface area contributed by atoms with Gasteiger partial charge in [0, 0.05) is 50.1 Å². The third kappa shape index (κ3) is 4.34. The van der Waals surface area contributed by atoms with Crippen molar-refractivity contribution >= 4 is 35.9 Å². The van der Waals surface area contributed by atoms with Gasteiger partial charge in [-0.05, 0) is 30.5 Å². The zero-order chi connectivity index (χ0) is 18.9. The number of anilines is 1. The van der Waals surface area contributed by atoms with Gasteiger partial charge in [0.15, 0.2) is 5.96 Å². The van der Waals surface area contributed by atoms with Crippen LogP contribution >= 0.6 is 24.0 Å². The Hall–Kier alpha value is -2.04. The molecule has 2 aliphatic rings. The molecule has 1 aromatic carbocycles. The second-order valence-corrected chi connectivity index (χ2v) is 7.10. The number of guanidine groups is 1. The Kier molecular flexibility index (Phi) is 6.31. The van der Waals surface area contributed by atoms with E-state index in [0.717, 1.165) is 51.0 Å². The summed E-state index contributed by atoms with van der Waals surface area (Å²) >= 11 is 0. The average molecular weight is 500 g/mol. The van der Waals surface area contributed by atoms with E-state index in [1.165, 1.54) is 12.1 Å². The average Bonchev–Trinajstić information content (AvgIpc) is 3.48. The molecule has 2 N–H and O–H groups in total. The molecule has 0 radical (unpaired) electrons. The van der Waals surface area contributed by atoms with Crippen molar-refractivity contribution in [2.24, 2.45) is 10.7 Å². The van der Waals surface area contributed by atoms with Gasteiger partial charge < -0.3 is 15.5 Å². The van der Waals surface area contributed by atoms with Crippen LogP contribution < -0.4 is 10.6 Å². The molecule has 4 rings (SSSR count). The van der Waals surface area contributed by atoms with Crippen LogP contribution in [0.4, 0.5) is 14.7 Å². The van der Waals surface area contributed by atoms with E-state index in [1.54, 1.807) is 18.5 Å². The van der Waals surface area contributed by atoms with E-state index in [2.05, 4.69) is 19.9 Å². The summed E-state index contributed by atoms with van der Waals surface area (Å²) in [5.41, 5.74) is 6.37.